The molecule has 0 aliphatic carbocycles. The van der Waals surface area contributed by atoms with Gasteiger partial charge in [0.1, 0.15) is 0 Å². The van der Waals surface area contributed by atoms with Gasteiger partial charge in [-0.2, -0.15) is 0 Å². The Balaban J connectivity index is 2.27. The van der Waals surface area contributed by atoms with E-state index < -0.39 is 0 Å². The summed E-state index contributed by atoms with van der Waals surface area (Å²) in [6.07, 6.45) is 2.18. The van der Waals surface area contributed by atoms with Crippen molar-refractivity contribution in [1.82, 2.24) is 0 Å². The third kappa shape index (κ3) is 2.75. The second-order valence-corrected chi connectivity index (χ2v) is 5.56. The van der Waals surface area contributed by atoms with Gasteiger partial charge in [0, 0.05) is 10.6 Å². The monoisotopic (exact) mass is 259 g/mol. The zero-order valence-corrected chi connectivity index (χ0v) is 12.2. The zero-order chi connectivity index (χ0) is 13.0. The molecule has 0 saturated carbocycles. The third-order valence-electron chi connectivity index (χ3n) is 3.35. The van der Waals surface area contributed by atoms with Crippen LogP contribution in [0.4, 0.5) is 5.69 Å². The largest absolute Gasteiger partial charge is 0.377 e. The molecule has 1 heterocycles. The highest BCUT2D eigenvalue weighted by Gasteiger charge is 2.13. The number of rotatable bonds is 5. The first kappa shape index (κ1) is 13.2. The van der Waals surface area contributed by atoms with Crippen LogP contribution in [-0.2, 0) is 6.42 Å². The molecular weight excluding hydrogens is 238 g/mol. The molecule has 1 unspecified atom stereocenters. The van der Waals surface area contributed by atoms with Crippen molar-refractivity contribution in [2.24, 2.45) is 0 Å². The minimum atomic E-state index is 0.427. The molecular formula is C16H21NS. The van der Waals surface area contributed by atoms with Crippen molar-refractivity contribution in [3.8, 4) is 0 Å². The van der Waals surface area contributed by atoms with Gasteiger partial charge in [-0.3, -0.25) is 0 Å². The summed E-state index contributed by atoms with van der Waals surface area (Å²) >= 11 is 1.83. The predicted molar refractivity (Wildman–Crippen MR) is 81.5 cm³/mol. The second kappa shape index (κ2) is 6.05. The second-order valence-electron chi connectivity index (χ2n) is 4.58. The number of nitrogens with one attached hydrogen (secondary N) is 1. The molecule has 2 aromatic rings. The first-order valence-corrected chi connectivity index (χ1v) is 7.52. The molecule has 2 heteroatoms. The fourth-order valence-electron chi connectivity index (χ4n) is 2.27. The first-order valence-electron chi connectivity index (χ1n) is 6.64. The van der Waals surface area contributed by atoms with Crippen molar-refractivity contribution in [1.29, 1.82) is 0 Å². The van der Waals surface area contributed by atoms with E-state index in [2.05, 4.69) is 61.8 Å². The van der Waals surface area contributed by atoms with Crippen molar-refractivity contribution >= 4 is 17.0 Å². The summed E-state index contributed by atoms with van der Waals surface area (Å²) in [7, 11) is 0. The van der Waals surface area contributed by atoms with Gasteiger partial charge in [0.15, 0.2) is 0 Å². The van der Waals surface area contributed by atoms with E-state index in [0.29, 0.717) is 6.04 Å². The fourth-order valence-corrected chi connectivity index (χ4v) is 3.13. The zero-order valence-electron chi connectivity index (χ0n) is 11.4. The van der Waals surface area contributed by atoms with E-state index in [1.807, 2.05) is 11.3 Å². The van der Waals surface area contributed by atoms with Gasteiger partial charge >= 0.3 is 0 Å². The Kier molecular flexibility index (Phi) is 4.43. The summed E-state index contributed by atoms with van der Waals surface area (Å²) < 4.78 is 0. The van der Waals surface area contributed by atoms with E-state index in [9.17, 15) is 0 Å². The van der Waals surface area contributed by atoms with E-state index >= 15 is 0 Å². The van der Waals surface area contributed by atoms with Crippen LogP contribution >= 0.6 is 11.3 Å². The third-order valence-corrected chi connectivity index (χ3v) is 4.34. The van der Waals surface area contributed by atoms with E-state index in [1.54, 1.807) is 0 Å². The predicted octanol–water partition coefficient (Wildman–Crippen LogP) is 5.18. The maximum atomic E-state index is 3.73. The van der Waals surface area contributed by atoms with Crippen LogP contribution in [0.5, 0.6) is 0 Å². The average molecular weight is 259 g/mol. The Bertz CT molecular complexity index is 488. The lowest BCUT2D eigenvalue weighted by atomic mass is 10.0. The van der Waals surface area contributed by atoms with Gasteiger partial charge in [-0.15, -0.1) is 11.3 Å². The van der Waals surface area contributed by atoms with E-state index in [4.69, 9.17) is 0 Å². The molecule has 0 saturated heterocycles. The van der Waals surface area contributed by atoms with Crippen LogP contribution in [0, 0.1) is 6.92 Å². The Hall–Kier alpha value is -1.28. The van der Waals surface area contributed by atoms with E-state index in [1.165, 1.54) is 21.7 Å². The average Bonchev–Trinajstić information content (AvgIpc) is 2.91. The van der Waals surface area contributed by atoms with Gasteiger partial charge in [0.2, 0.25) is 0 Å². The number of hydrogen-bond acceptors (Lipinski definition) is 2. The molecule has 1 aromatic heterocycles. The lowest BCUT2D eigenvalue weighted by Crippen LogP contribution is -2.10. The van der Waals surface area contributed by atoms with E-state index in [-0.39, 0.29) is 0 Å². The molecule has 0 aliphatic rings. The van der Waals surface area contributed by atoms with E-state index in [0.717, 1.165) is 12.8 Å². The minimum Gasteiger partial charge on any atom is -0.377 e. The molecule has 18 heavy (non-hydrogen) atoms. The molecule has 0 aliphatic heterocycles. The Morgan fingerprint density at radius 2 is 2.00 bits per heavy atom. The normalized spacial score (nSPS) is 12.4. The lowest BCUT2D eigenvalue weighted by molar-refractivity contribution is 0.760. The topological polar surface area (TPSA) is 12.0 Å². The molecule has 0 radical (unpaired) electrons. The fraction of sp³-hybridized carbons (Fsp3) is 0.375. The maximum Gasteiger partial charge on any atom is 0.0604 e. The van der Waals surface area contributed by atoms with Crippen molar-refractivity contribution in [3.63, 3.8) is 0 Å². The number of para-hydroxylation sites is 1. The molecule has 1 nitrogen and oxygen atoms in total. The Morgan fingerprint density at radius 1 is 1.17 bits per heavy atom. The summed E-state index contributed by atoms with van der Waals surface area (Å²) in [6, 6.07) is 11.3. The molecule has 0 fully saturated rings. The van der Waals surface area contributed by atoms with Crippen LogP contribution < -0.4 is 5.32 Å². The van der Waals surface area contributed by atoms with Crippen LogP contribution in [0.3, 0.4) is 0 Å². The quantitative estimate of drug-likeness (QED) is 0.780. The van der Waals surface area contributed by atoms with Gasteiger partial charge in [0.25, 0.3) is 0 Å². The summed E-state index contributed by atoms with van der Waals surface area (Å²) in [5, 5.41) is 5.88. The Labute approximate surface area is 114 Å². The molecule has 0 amide bonds. The lowest BCUT2D eigenvalue weighted by Gasteiger charge is -2.21. The van der Waals surface area contributed by atoms with Gasteiger partial charge in [-0.05, 0) is 42.3 Å². The molecule has 1 aromatic carbocycles. The number of aryl methyl sites for hydroxylation is 2. The number of thiophene rings is 1. The maximum absolute atomic E-state index is 3.73. The van der Waals surface area contributed by atoms with Crippen molar-refractivity contribution in [2.75, 3.05) is 5.32 Å². The molecule has 96 valence electrons. The van der Waals surface area contributed by atoms with Gasteiger partial charge in [-0.25, -0.2) is 0 Å². The summed E-state index contributed by atoms with van der Waals surface area (Å²) in [5.74, 6) is 0. The highest BCUT2D eigenvalue weighted by molar-refractivity contribution is 7.10. The summed E-state index contributed by atoms with van der Waals surface area (Å²) in [6.45, 7) is 6.63. The van der Waals surface area contributed by atoms with Crippen LogP contribution in [-0.4, -0.2) is 0 Å². The van der Waals surface area contributed by atoms with Crippen molar-refractivity contribution in [3.05, 3.63) is 51.7 Å². The van der Waals surface area contributed by atoms with Crippen LogP contribution in [0.2, 0.25) is 0 Å². The smallest absolute Gasteiger partial charge is 0.0604 e. The SMILES string of the molecule is CCc1cccc(C)c1NC(CC)c1cccs1. The highest BCUT2D eigenvalue weighted by Crippen LogP contribution is 2.30. The van der Waals surface area contributed by atoms with Gasteiger partial charge in [-0.1, -0.05) is 38.1 Å². The summed E-state index contributed by atoms with van der Waals surface area (Å²) in [5.41, 5.74) is 4.06. The van der Waals surface area contributed by atoms with Gasteiger partial charge in [0.05, 0.1) is 6.04 Å². The van der Waals surface area contributed by atoms with Crippen LogP contribution in [0.25, 0.3) is 0 Å². The van der Waals surface area contributed by atoms with Crippen molar-refractivity contribution < 1.29 is 0 Å². The van der Waals surface area contributed by atoms with Crippen LogP contribution in [0.1, 0.15) is 42.3 Å². The molecule has 0 bridgehead atoms. The number of hydrogen-bond donors (Lipinski definition) is 1. The molecule has 1 atom stereocenters. The Morgan fingerprint density at radius 3 is 2.61 bits per heavy atom. The highest BCUT2D eigenvalue weighted by atomic mass is 32.1. The molecule has 1 N–H and O–H groups in total. The standard InChI is InChI=1S/C16H21NS/c1-4-13-9-6-8-12(3)16(13)17-14(5-2)15-10-7-11-18-15/h6-11,14,17H,4-5H2,1-3H3. The minimum absolute atomic E-state index is 0.427. The number of anilines is 1. The van der Waals surface area contributed by atoms with Crippen molar-refractivity contribution in [2.45, 2.75) is 39.7 Å². The van der Waals surface area contributed by atoms with Gasteiger partial charge < -0.3 is 5.32 Å². The van der Waals surface area contributed by atoms with Crippen LogP contribution in [0.15, 0.2) is 35.7 Å². The molecule has 0 spiro atoms. The number of benzene rings is 1. The molecule has 2 rings (SSSR count). The first-order chi connectivity index (χ1) is 8.76. The summed E-state index contributed by atoms with van der Waals surface area (Å²) in [4.78, 5) is 1.42.